The highest BCUT2D eigenvalue weighted by Crippen LogP contribution is 2.06. The smallest absolute Gasteiger partial charge is 0.0941 e. The minimum Gasteiger partial charge on any atom is -0.387 e. The number of rotatable bonds is 4. The second kappa shape index (κ2) is 4.79. The van der Waals surface area contributed by atoms with E-state index >= 15 is 0 Å². The lowest BCUT2D eigenvalue weighted by Gasteiger charge is -1.99. The van der Waals surface area contributed by atoms with Crippen LogP contribution in [0.3, 0.4) is 0 Å². The molecule has 1 aromatic heterocycles. The van der Waals surface area contributed by atoms with Crippen LogP contribution in [0, 0.1) is 6.92 Å². The fourth-order valence-corrected chi connectivity index (χ4v) is 1.22. The summed E-state index contributed by atoms with van der Waals surface area (Å²) in [5.41, 5.74) is 8.01. The van der Waals surface area contributed by atoms with Gasteiger partial charge in [-0.05, 0) is 13.3 Å². The highest BCUT2D eigenvalue weighted by molar-refractivity contribution is 5.80. The van der Waals surface area contributed by atoms with Crippen LogP contribution in [-0.4, -0.2) is 15.6 Å². The Balaban J connectivity index is 2.61. The lowest BCUT2D eigenvalue weighted by molar-refractivity contribution is 0.737. The van der Waals surface area contributed by atoms with Crippen molar-refractivity contribution < 1.29 is 0 Å². The number of hydrogen-bond acceptors (Lipinski definition) is 2. The van der Waals surface area contributed by atoms with Gasteiger partial charge < -0.3 is 5.73 Å². The van der Waals surface area contributed by atoms with Gasteiger partial charge in [0.05, 0.1) is 18.6 Å². The van der Waals surface area contributed by atoms with E-state index in [9.17, 15) is 0 Å². The first-order chi connectivity index (χ1) is 6.65. The molecule has 0 aliphatic rings. The average Bonchev–Trinajstić information content (AvgIpc) is 2.46. The zero-order valence-corrected chi connectivity index (χ0v) is 9.12. The van der Waals surface area contributed by atoms with Gasteiger partial charge in [-0.2, -0.15) is 5.10 Å². The Morgan fingerprint density at radius 3 is 2.86 bits per heavy atom. The van der Waals surface area contributed by atoms with Crippen molar-refractivity contribution in [2.45, 2.75) is 33.2 Å². The van der Waals surface area contributed by atoms with Gasteiger partial charge in [0.2, 0.25) is 0 Å². The van der Waals surface area contributed by atoms with Crippen LogP contribution in [0.4, 0.5) is 0 Å². The molecule has 78 valence electrons. The van der Waals surface area contributed by atoms with Crippen LogP contribution in [-0.2, 0) is 13.6 Å². The molecule has 0 aliphatic carbocycles. The van der Waals surface area contributed by atoms with Crippen molar-refractivity contribution in [1.82, 2.24) is 9.78 Å². The molecule has 1 rings (SSSR count). The predicted molar refractivity (Wildman–Crippen MR) is 58.2 cm³/mol. The van der Waals surface area contributed by atoms with Crippen LogP contribution in [0.1, 0.15) is 31.0 Å². The first kappa shape index (κ1) is 10.8. The summed E-state index contributed by atoms with van der Waals surface area (Å²) >= 11 is 0. The number of aryl methyl sites for hydroxylation is 1. The molecule has 0 unspecified atom stereocenters. The van der Waals surface area contributed by atoms with Crippen molar-refractivity contribution >= 4 is 5.84 Å². The summed E-state index contributed by atoms with van der Waals surface area (Å²) in [6.45, 7) is 4.77. The Kier molecular flexibility index (Phi) is 3.68. The van der Waals surface area contributed by atoms with Crippen molar-refractivity contribution in [3.05, 3.63) is 17.5 Å². The van der Waals surface area contributed by atoms with E-state index in [0.717, 1.165) is 29.9 Å². The number of amidine groups is 1. The summed E-state index contributed by atoms with van der Waals surface area (Å²) in [5, 5.41) is 4.15. The zero-order valence-electron chi connectivity index (χ0n) is 9.12. The lowest BCUT2D eigenvalue weighted by atomic mass is 10.2. The van der Waals surface area contributed by atoms with Crippen LogP contribution in [0.15, 0.2) is 11.2 Å². The molecule has 0 saturated heterocycles. The molecule has 0 saturated carbocycles. The average molecular weight is 194 g/mol. The van der Waals surface area contributed by atoms with E-state index < -0.39 is 0 Å². The molecule has 14 heavy (non-hydrogen) atoms. The van der Waals surface area contributed by atoms with Crippen molar-refractivity contribution in [3.63, 3.8) is 0 Å². The maximum absolute atomic E-state index is 5.71. The standard InChI is InChI=1S/C10H18N4/c1-4-5-10(11)12-6-9-7-13-14(3)8(9)2/h7H,4-6H2,1-3H3,(H2,11,12). The van der Waals surface area contributed by atoms with Gasteiger partial charge >= 0.3 is 0 Å². The third kappa shape index (κ3) is 2.58. The molecule has 0 spiro atoms. The number of aromatic nitrogens is 2. The van der Waals surface area contributed by atoms with Gasteiger partial charge in [0, 0.05) is 24.7 Å². The highest BCUT2D eigenvalue weighted by Gasteiger charge is 2.01. The Hall–Kier alpha value is -1.32. The summed E-state index contributed by atoms with van der Waals surface area (Å²) in [5.74, 6) is 0.732. The van der Waals surface area contributed by atoms with Gasteiger partial charge in [-0.3, -0.25) is 9.67 Å². The maximum Gasteiger partial charge on any atom is 0.0941 e. The number of nitrogens with two attached hydrogens (primary N) is 1. The van der Waals surface area contributed by atoms with E-state index in [1.54, 1.807) is 0 Å². The van der Waals surface area contributed by atoms with Crippen LogP contribution in [0.2, 0.25) is 0 Å². The SMILES string of the molecule is CCCC(N)=NCc1cnn(C)c1C. The minimum atomic E-state index is 0.644. The number of nitrogens with zero attached hydrogens (tertiary/aromatic N) is 3. The first-order valence-electron chi connectivity index (χ1n) is 4.91. The Morgan fingerprint density at radius 2 is 2.36 bits per heavy atom. The van der Waals surface area contributed by atoms with E-state index in [2.05, 4.69) is 17.0 Å². The summed E-state index contributed by atoms with van der Waals surface area (Å²) < 4.78 is 1.85. The molecule has 1 aromatic rings. The van der Waals surface area contributed by atoms with Gasteiger partial charge in [-0.25, -0.2) is 0 Å². The molecule has 0 amide bonds. The molecule has 0 radical (unpaired) electrons. The number of aliphatic imine (C=N–C) groups is 1. The fraction of sp³-hybridized carbons (Fsp3) is 0.600. The molecule has 0 aromatic carbocycles. The summed E-state index contributed by atoms with van der Waals surface area (Å²) in [4.78, 5) is 4.30. The molecule has 0 fully saturated rings. The number of hydrogen-bond donors (Lipinski definition) is 1. The van der Waals surface area contributed by atoms with Gasteiger partial charge in [0.25, 0.3) is 0 Å². The molecular weight excluding hydrogens is 176 g/mol. The van der Waals surface area contributed by atoms with E-state index in [-0.39, 0.29) is 0 Å². The molecular formula is C10H18N4. The van der Waals surface area contributed by atoms with Gasteiger partial charge in [-0.15, -0.1) is 0 Å². The summed E-state index contributed by atoms with van der Waals surface area (Å²) in [6, 6.07) is 0. The van der Waals surface area contributed by atoms with Crippen LogP contribution in [0.5, 0.6) is 0 Å². The largest absolute Gasteiger partial charge is 0.387 e. The van der Waals surface area contributed by atoms with Crippen molar-refractivity contribution in [2.75, 3.05) is 0 Å². The Bertz CT molecular complexity index is 325. The van der Waals surface area contributed by atoms with E-state index in [4.69, 9.17) is 5.73 Å². The van der Waals surface area contributed by atoms with E-state index in [0.29, 0.717) is 6.54 Å². The molecule has 0 atom stereocenters. The van der Waals surface area contributed by atoms with Crippen molar-refractivity contribution in [1.29, 1.82) is 0 Å². The summed E-state index contributed by atoms with van der Waals surface area (Å²) in [7, 11) is 1.93. The van der Waals surface area contributed by atoms with E-state index in [1.807, 2.05) is 24.9 Å². The van der Waals surface area contributed by atoms with Gasteiger partial charge in [0.1, 0.15) is 0 Å². The molecule has 0 aliphatic heterocycles. The molecule has 0 bridgehead atoms. The third-order valence-electron chi connectivity index (χ3n) is 2.30. The molecule has 2 N–H and O–H groups in total. The first-order valence-corrected chi connectivity index (χ1v) is 4.91. The monoisotopic (exact) mass is 194 g/mol. The van der Waals surface area contributed by atoms with Gasteiger partial charge in [0.15, 0.2) is 0 Å². The molecule has 4 nitrogen and oxygen atoms in total. The lowest BCUT2D eigenvalue weighted by Crippen LogP contribution is -2.11. The fourth-order valence-electron chi connectivity index (χ4n) is 1.22. The Morgan fingerprint density at radius 1 is 1.64 bits per heavy atom. The van der Waals surface area contributed by atoms with Crippen LogP contribution in [0.25, 0.3) is 0 Å². The minimum absolute atomic E-state index is 0.644. The third-order valence-corrected chi connectivity index (χ3v) is 2.30. The van der Waals surface area contributed by atoms with Crippen LogP contribution >= 0.6 is 0 Å². The summed E-state index contributed by atoms with van der Waals surface area (Å²) in [6.07, 6.45) is 3.76. The quantitative estimate of drug-likeness (QED) is 0.581. The second-order valence-corrected chi connectivity index (χ2v) is 3.44. The van der Waals surface area contributed by atoms with Crippen molar-refractivity contribution in [3.8, 4) is 0 Å². The molecule has 1 heterocycles. The normalized spacial score (nSPS) is 12.1. The second-order valence-electron chi connectivity index (χ2n) is 3.44. The van der Waals surface area contributed by atoms with E-state index in [1.165, 1.54) is 0 Å². The topological polar surface area (TPSA) is 56.2 Å². The van der Waals surface area contributed by atoms with Crippen molar-refractivity contribution in [2.24, 2.45) is 17.8 Å². The predicted octanol–water partition coefficient (Wildman–Crippen LogP) is 1.39. The maximum atomic E-state index is 5.71. The zero-order chi connectivity index (χ0) is 10.6. The molecule has 4 heteroatoms. The highest BCUT2D eigenvalue weighted by atomic mass is 15.3. The van der Waals surface area contributed by atoms with Crippen LogP contribution < -0.4 is 5.73 Å². The van der Waals surface area contributed by atoms with Gasteiger partial charge in [-0.1, -0.05) is 6.92 Å². The Labute approximate surface area is 84.8 Å².